The van der Waals surface area contributed by atoms with Crippen molar-refractivity contribution in [2.75, 3.05) is 10.5 Å². The number of sulfonamides is 1. The minimum atomic E-state index is -3.63. The van der Waals surface area contributed by atoms with Gasteiger partial charge in [0.2, 0.25) is 0 Å². The van der Waals surface area contributed by atoms with Crippen molar-refractivity contribution < 1.29 is 8.42 Å². The Kier molecular flexibility index (Phi) is 2.56. The number of hydrogen-bond donors (Lipinski definition) is 3. The number of anilines is 2. The fraction of sp³-hybridized carbons (Fsp3) is 0.143. The van der Waals surface area contributed by atoms with Crippen LogP contribution >= 0.6 is 11.3 Å². The van der Waals surface area contributed by atoms with Gasteiger partial charge in [-0.15, -0.1) is 0 Å². The van der Waals surface area contributed by atoms with Crippen molar-refractivity contribution in [2.45, 2.75) is 11.1 Å². The van der Waals surface area contributed by atoms with Crippen molar-refractivity contribution in [1.82, 2.24) is 15.2 Å². The van der Waals surface area contributed by atoms with E-state index in [4.69, 9.17) is 5.73 Å². The maximum atomic E-state index is 11.9. The standard InChI is InChI=1S/C7H9N5O2S2/c1-4-6(15-7(8)11-4)16(13,14)12-5-2-9-10-3-5/h2-3,12H,1H3,(H2,8,11)(H,9,10). The van der Waals surface area contributed by atoms with Gasteiger partial charge < -0.3 is 5.73 Å². The zero-order valence-electron chi connectivity index (χ0n) is 8.26. The molecule has 0 spiro atoms. The average molecular weight is 259 g/mol. The first-order chi connectivity index (χ1) is 7.49. The topological polar surface area (TPSA) is 114 Å². The highest BCUT2D eigenvalue weighted by molar-refractivity contribution is 7.94. The van der Waals surface area contributed by atoms with Gasteiger partial charge in [0, 0.05) is 6.20 Å². The van der Waals surface area contributed by atoms with E-state index in [9.17, 15) is 8.42 Å². The van der Waals surface area contributed by atoms with Crippen molar-refractivity contribution in [1.29, 1.82) is 0 Å². The highest BCUT2D eigenvalue weighted by Gasteiger charge is 2.21. The molecular weight excluding hydrogens is 250 g/mol. The van der Waals surface area contributed by atoms with Gasteiger partial charge in [0.15, 0.2) is 9.34 Å². The van der Waals surface area contributed by atoms with E-state index in [2.05, 4.69) is 19.9 Å². The van der Waals surface area contributed by atoms with Gasteiger partial charge in [0.1, 0.15) is 0 Å². The molecule has 0 atom stereocenters. The van der Waals surface area contributed by atoms with Crippen molar-refractivity contribution in [3.8, 4) is 0 Å². The Morgan fingerprint density at radius 1 is 1.56 bits per heavy atom. The zero-order valence-corrected chi connectivity index (χ0v) is 9.89. The lowest BCUT2D eigenvalue weighted by atomic mass is 10.6. The summed E-state index contributed by atoms with van der Waals surface area (Å²) in [4.78, 5) is 3.86. The minimum absolute atomic E-state index is 0.117. The van der Waals surface area contributed by atoms with Crippen LogP contribution in [0.3, 0.4) is 0 Å². The van der Waals surface area contributed by atoms with Gasteiger partial charge in [-0.3, -0.25) is 9.82 Å². The Morgan fingerprint density at radius 3 is 2.81 bits per heavy atom. The van der Waals surface area contributed by atoms with Crippen molar-refractivity contribution >= 4 is 32.2 Å². The van der Waals surface area contributed by atoms with Crippen LogP contribution in [0.25, 0.3) is 0 Å². The Labute approximate surface area is 95.8 Å². The van der Waals surface area contributed by atoms with Crippen LogP contribution in [0.2, 0.25) is 0 Å². The maximum Gasteiger partial charge on any atom is 0.273 e. The first kappa shape index (κ1) is 10.9. The molecule has 0 bridgehead atoms. The first-order valence-corrected chi connectivity index (χ1v) is 6.53. The summed E-state index contributed by atoms with van der Waals surface area (Å²) < 4.78 is 26.3. The molecular formula is C7H9N5O2S2. The number of H-pyrrole nitrogens is 1. The molecule has 0 aromatic carbocycles. The molecule has 2 aromatic rings. The second-order valence-corrected chi connectivity index (χ2v) is 5.93. The molecule has 2 rings (SSSR count). The number of nitrogens with two attached hydrogens (primary N) is 1. The van der Waals surface area contributed by atoms with E-state index in [1.165, 1.54) is 12.4 Å². The van der Waals surface area contributed by atoms with Crippen LogP contribution in [-0.2, 0) is 10.0 Å². The monoisotopic (exact) mass is 259 g/mol. The molecule has 0 aliphatic rings. The van der Waals surface area contributed by atoms with Gasteiger partial charge in [-0.05, 0) is 6.92 Å². The van der Waals surface area contributed by atoms with E-state index in [0.717, 1.165) is 11.3 Å². The van der Waals surface area contributed by atoms with Crippen molar-refractivity contribution in [3.05, 3.63) is 18.1 Å². The first-order valence-electron chi connectivity index (χ1n) is 4.23. The summed E-state index contributed by atoms with van der Waals surface area (Å²) in [7, 11) is -3.63. The SMILES string of the molecule is Cc1nc(N)sc1S(=O)(=O)Nc1cn[nH]c1. The Balaban J connectivity index is 2.36. The van der Waals surface area contributed by atoms with Crippen LogP contribution in [0.1, 0.15) is 5.69 Å². The highest BCUT2D eigenvalue weighted by atomic mass is 32.2. The molecule has 0 radical (unpaired) electrons. The van der Waals surface area contributed by atoms with E-state index in [-0.39, 0.29) is 9.34 Å². The van der Waals surface area contributed by atoms with E-state index in [1.54, 1.807) is 6.92 Å². The molecule has 0 saturated heterocycles. The smallest absolute Gasteiger partial charge is 0.273 e. The van der Waals surface area contributed by atoms with Gasteiger partial charge in [0.05, 0.1) is 17.6 Å². The zero-order chi connectivity index (χ0) is 11.8. The van der Waals surface area contributed by atoms with Gasteiger partial charge in [-0.1, -0.05) is 11.3 Å². The number of aromatic nitrogens is 3. The maximum absolute atomic E-state index is 11.9. The summed E-state index contributed by atoms with van der Waals surface area (Å²) in [6.45, 7) is 1.59. The molecule has 0 saturated carbocycles. The molecule has 86 valence electrons. The van der Waals surface area contributed by atoms with Crippen molar-refractivity contribution in [3.63, 3.8) is 0 Å². The Morgan fingerprint density at radius 2 is 2.31 bits per heavy atom. The summed E-state index contributed by atoms with van der Waals surface area (Å²) >= 11 is 0.929. The quantitative estimate of drug-likeness (QED) is 0.745. The van der Waals surface area contributed by atoms with Crippen LogP contribution in [0, 0.1) is 6.92 Å². The highest BCUT2D eigenvalue weighted by Crippen LogP contribution is 2.26. The Bertz CT molecular complexity index is 586. The molecule has 7 nitrogen and oxygen atoms in total. The summed E-state index contributed by atoms with van der Waals surface area (Å²) in [6, 6.07) is 0. The van der Waals surface area contributed by atoms with Gasteiger partial charge in [0.25, 0.3) is 10.0 Å². The lowest BCUT2D eigenvalue weighted by Gasteiger charge is -2.02. The lowest BCUT2D eigenvalue weighted by Crippen LogP contribution is -2.12. The molecule has 0 aliphatic carbocycles. The van der Waals surface area contributed by atoms with Gasteiger partial charge in [-0.2, -0.15) is 5.10 Å². The Hall–Kier alpha value is -1.61. The summed E-state index contributed by atoms with van der Waals surface area (Å²) in [5.41, 5.74) is 6.20. The third-order valence-electron chi connectivity index (χ3n) is 1.77. The molecule has 0 fully saturated rings. The van der Waals surface area contributed by atoms with Gasteiger partial charge in [-0.25, -0.2) is 13.4 Å². The number of nitrogen functional groups attached to an aromatic ring is 1. The second kappa shape index (κ2) is 3.76. The van der Waals surface area contributed by atoms with E-state index < -0.39 is 10.0 Å². The van der Waals surface area contributed by atoms with E-state index >= 15 is 0 Å². The number of rotatable bonds is 3. The summed E-state index contributed by atoms with van der Waals surface area (Å²) in [5.74, 6) is 0. The molecule has 0 aliphatic heterocycles. The minimum Gasteiger partial charge on any atom is -0.375 e. The number of thiazole rings is 1. The summed E-state index contributed by atoms with van der Waals surface area (Å²) in [6.07, 6.45) is 2.81. The van der Waals surface area contributed by atoms with E-state index in [0.29, 0.717) is 11.4 Å². The third kappa shape index (κ3) is 1.99. The van der Waals surface area contributed by atoms with Crippen molar-refractivity contribution in [2.24, 2.45) is 0 Å². The van der Waals surface area contributed by atoms with Gasteiger partial charge >= 0.3 is 0 Å². The average Bonchev–Trinajstić information content (AvgIpc) is 2.75. The molecule has 9 heteroatoms. The van der Waals surface area contributed by atoms with Crippen LogP contribution < -0.4 is 10.5 Å². The number of nitrogens with one attached hydrogen (secondary N) is 2. The predicted octanol–water partition coefficient (Wildman–Crippen LogP) is 0.558. The fourth-order valence-electron chi connectivity index (χ4n) is 1.16. The second-order valence-electron chi connectivity index (χ2n) is 3.02. The number of aromatic amines is 1. The molecule has 0 unspecified atom stereocenters. The number of nitrogens with zero attached hydrogens (tertiary/aromatic N) is 2. The third-order valence-corrected chi connectivity index (χ3v) is 4.74. The van der Waals surface area contributed by atoms with Crippen LogP contribution in [0.4, 0.5) is 10.8 Å². The summed E-state index contributed by atoms with van der Waals surface area (Å²) in [5, 5.41) is 6.38. The molecule has 2 aromatic heterocycles. The molecule has 2 heterocycles. The van der Waals surface area contributed by atoms with Crippen LogP contribution in [0.15, 0.2) is 16.6 Å². The normalized spacial score (nSPS) is 11.6. The fourth-order valence-corrected chi connectivity index (χ4v) is 3.50. The van der Waals surface area contributed by atoms with Crippen LogP contribution in [-0.4, -0.2) is 23.6 Å². The number of hydrogen-bond acceptors (Lipinski definition) is 6. The molecule has 0 amide bonds. The van der Waals surface area contributed by atoms with Crippen LogP contribution in [0.5, 0.6) is 0 Å². The largest absolute Gasteiger partial charge is 0.375 e. The van der Waals surface area contributed by atoms with E-state index in [1.807, 2.05) is 0 Å². The lowest BCUT2D eigenvalue weighted by molar-refractivity contribution is 0.602. The predicted molar refractivity (Wildman–Crippen MR) is 60.7 cm³/mol. The molecule has 16 heavy (non-hydrogen) atoms. The number of aryl methyl sites for hydroxylation is 1. The molecule has 4 N–H and O–H groups in total.